The largest absolute Gasteiger partial charge is 0.320 e. The molecule has 0 fully saturated rings. The number of nitrogens with one attached hydrogen (secondary N) is 2. The van der Waals surface area contributed by atoms with Crippen LogP contribution in [-0.2, 0) is 0 Å². The van der Waals surface area contributed by atoms with Crippen LogP contribution >= 0.6 is 11.6 Å². The SMILES string of the molecule is Cc1ncc(C(=O)Nc2ccccc2Cl)c(=O)[nH]1. The molecule has 0 bridgehead atoms. The highest BCUT2D eigenvalue weighted by atomic mass is 35.5. The number of carbonyl (C=O) groups excluding carboxylic acids is 1. The second-order valence-electron chi connectivity index (χ2n) is 3.65. The Balaban J connectivity index is 2.28. The van der Waals surface area contributed by atoms with Gasteiger partial charge in [-0.3, -0.25) is 9.59 Å². The molecule has 92 valence electrons. The molecule has 0 aliphatic carbocycles. The van der Waals surface area contributed by atoms with Crippen LogP contribution in [0.3, 0.4) is 0 Å². The van der Waals surface area contributed by atoms with Crippen molar-refractivity contribution in [3.05, 3.63) is 57.2 Å². The average molecular weight is 264 g/mol. The fourth-order valence-electron chi connectivity index (χ4n) is 1.40. The highest BCUT2D eigenvalue weighted by Gasteiger charge is 2.12. The topological polar surface area (TPSA) is 74.8 Å². The molecule has 0 aliphatic rings. The maximum Gasteiger partial charge on any atom is 0.263 e. The maximum absolute atomic E-state index is 11.9. The number of hydrogen-bond donors (Lipinski definition) is 2. The van der Waals surface area contributed by atoms with E-state index in [0.717, 1.165) is 0 Å². The van der Waals surface area contributed by atoms with Crippen LogP contribution in [0.5, 0.6) is 0 Å². The quantitative estimate of drug-likeness (QED) is 0.870. The molecule has 0 aliphatic heterocycles. The van der Waals surface area contributed by atoms with Crippen LogP contribution in [0.25, 0.3) is 0 Å². The highest BCUT2D eigenvalue weighted by molar-refractivity contribution is 6.33. The van der Waals surface area contributed by atoms with E-state index in [4.69, 9.17) is 11.6 Å². The molecule has 2 aromatic rings. The number of benzene rings is 1. The highest BCUT2D eigenvalue weighted by Crippen LogP contribution is 2.20. The summed E-state index contributed by atoms with van der Waals surface area (Å²) in [4.78, 5) is 29.8. The first-order valence-electron chi connectivity index (χ1n) is 5.20. The first-order chi connectivity index (χ1) is 8.58. The van der Waals surface area contributed by atoms with Crippen molar-refractivity contribution in [2.75, 3.05) is 5.32 Å². The van der Waals surface area contributed by atoms with Crippen LogP contribution in [-0.4, -0.2) is 15.9 Å². The van der Waals surface area contributed by atoms with Crippen LogP contribution in [0.15, 0.2) is 35.3 Å². The molecule has 0 atom stereocenters. The molecule has 0 saturated carbocycles. The molecule has 2 rings (SSSR count). The zero-order valence-electron chi connectivity index (χ0n) is 9.53. The summed E-state index contributed by atoms with van der Waals surface area (Å²) in [6.07, 6.45) is 1.24. The molecule has 0 unspecified atom stereocenters. The predicted octanol–water partition coefficient (Wildman–Crippen LogP) is 1.98. The molecule has 6 heteroatoms. The van der Waals surface area contributed by atoms with Gasteiger partial charge in [0.1, 0.15) is 11.4 Å². The Hall–Kier alpha value is -2.14. The fraction of sp³-hybridized carbons (Fsp3) is 0.0833. The Morgan fingerprint density at radius 1 is 1.39 bits per heavy atom. The number of para-hydroxylation sites is 1. The van der Waals surface area contributed by atoms with Crippen molar-refractivity contribution in [1.29, 1.82) is 0 Å². The summed E-state index contributed by atoms with van der Waals surface area (Å²) in [6, 6.07) is 6.78. The van der Waals surface area contributed by atoms with Gasteiger partial charge < -0.3 is 10.3 Å². The summed E-state index contributed by atoms with van der Waals surface area (Å²) in [5.74, 6) is -0.0915. The van der Waals surface area contributed by atoms with E-state index < -0.39 is 11.5 Å². The number of anilines is 1. The lowest BCUT2D eigenvalue weighted by Crippen LogP contribution is -2.24. The third kappa shape index (κ3) is 2.57. The Morgan fingerprint density at radius 3 is 2.78 bits per heavy atom. The van der Waals surface area contributed by atoms with E-state index in [1.807, 2.05) is 0 Å². The van der Waals surface area contributed by atoms with Gasteiger partial charge in [0.05, 0.1) is 10.7 Å². The summed E-state index contributed by atoms with van der Waals surface area (Å²) < 4.78 is 0. The number of carbonyl (C=O) groups is 1. The van der Waals surface area contributed by atoms with Crippen LogP contribution in [0.1, 0.15) is 16.2 Å². The van der Waals surface area contributed by atoms with Gasteiger partial charge in [-0.25, -0.2) is 4.98 Å². The lowest BCUT2D eigenvalue weighted by atomic mass is 10.2. The molecule has 0 spiro atoms. The summed E-state index contributed by atoms with van der Waals surface area (Å²) in [5.41, 5.74) is -0.0864. The van der Waals surface area contributed by atoms with Crippen molar-refractivity contribution >= 4 is 23.2 Å². The molecule has 1 aromatic heterocycles. The molecule has 1 heterocycles. The Kier molecular flexibility index (Phi) is 3.43. The van der Waals surface area contributed by atoms with Gasteiger partial charge >= 0.3 is 0 Å². The smallest absolute Gasteiger partial charge is 0.263 e. The van der Waals surface area contributed by atoms with Gasteiger partial charge in [-0.05, 0) is 19.1 Å². The Bertz CT molecular complexity index is 652. The molecular formula is C12H10ClN3O2. The molecule has 0 radical (unpaired) electrons. The number of amides is 1. The minimum atomic E-state index is -0.545. The van der Waals surface area contributed by atoms with Gasteiger partial charge in [0, 0.05) is 6.20 Å². The molecular weight excluding hydrogens is 254 g/mol. The van der Waals surface area contributed by atoms with Crippen LogP contribution in [0.4, 0.5) is 5.69 Å². The zero-order chi connectivity index (χ0) is 13.1. The molecule has 0 saturated heterocycles. The molecule has 18 heavy (non-hydrogen) atoms. The second-order valence-corrected chi connectivity index (χ2v) is 4.05. The summed E-state index contributed by atoms with van der Waals surface area (Å²) >= 11 is 5.90. The van der Waals surface area contributed by atoms with E-state index >= 15 is 0 Å². The van der Waals surface area contributed by atoms with Gasteiger partial charge in [0.2, 0.25) is 0 Å². The number of aryl methyl sites for hydroxylation is 1. The summed E-state index contributed by atoms with van der Waals surface area (Å²) in [7, 11) is 0. The van der Waals surface area contributed by atoms with E-state index in [1.165, 1.54) is 6.20 Å². The van der Waals surface area contributed by atoms with Crippen molar-refractivity contribution in [3.63, 3.8) is 0 Å². The standard InChI is InChI=1S/C12H10ClN3O2/c1-7-14-6-8(11(17)15-7)12(18)16-10-5-3-2-4-9(10)13/h2-6H,1H3,(H,16,18)(H,14,15,17). The molecule has 5 nitrogen and oxygen atoms in total. The normalized spacial score (nSPS) is 10.1. The van der Waals surface area contributed by atoms with E-state index in [-0.39, 0.29) is 5.56 Å². The first kappa shape index (κ1) is 12.3. The Morgan fingerprint density at radius 2 is 2.11 bits per heavy atom. The van der Waals surface area contributed by atoms with Crippen LogP contribution < -0.4 is 10.9 Å². The van der Waals surface area contributed by atoms with Crippen molar-refractivity contribution in [2.45, 2.75) is 6.92 Å². The third-order valence-electron chi connectivity index (χ3n) is 2.29. The first-order valence-corrected chi connectivity index (χ1v) is 5.57. The number of nitrogens with zero attached hydrogens (tertiary/aromatic N) is 1. The minimum absolute atomic E-state index is 0.0551. The average Bonchev–Trinajstić information content (AvgIpc) is 2.32. The number of halogens is 1. The number of H-pyrrole nitrogens is 1. The van der Waals surface area contributed by atoms with Gasteiger partial charge in [-0.15, -0.1) is 0 Å². The monoisotopic (exact) mass is 263 g/mol. The lowest BCUT2D eigenvalue weighted by Gasteiger charge is -2.06. The minimum Gasteiger partial charge on any atom is -0.320 e. The van der Waals surface area contributed by atoms with Crippen molar-refractivity contribution in [2.24, 2.45) is 0 Å². The van der Waals surface area contributed by atoms with Gasteiger partial charge in [-0.2, -0.15) is 0 Å². The van der Waals surface area contributed by atoms with Crippen molar-refractivity contribution in [1.82, 2.24) is 9.97 Å². The number of aromatic nitrogens is 2. The number of hydrogen-bond acceptors (Lipinski definition) is 3. The summed E-state index contributed by atoms with van der Waals surface area (Å²) in [6.45, 7) is 1.64. The van der Waals surface area contributed by atoms with Crippen LogP contribution in [0, 0.1) is 6.92 Å². The van der Waals surface area contributed by atoms with E-state index in [9.17, 15) is 9.59 Å². The van der Waals surface area contributed by atoms with Crippen molar-refractivity contribution in [3.8, 4) is 0 Å². The Labute approximate surface area is 108 Å². The maximum atomic E-state index is 11.9. The molecule has 1 amide bonds. The fourth-order valence-corrected chi connectivity index (χ4v) is 1.58. The van der Waals surface area contributed by atoms with Gasteiger partial charge in [0.15, 0.2) is 0 Å². The third-order valence-corrected chi connectivity index (χ3v) is 2.62. The predicted molar refractivity (Wildman–Crippen MR) is 69.0 cm³/mol. The molecule has 1 aromatic carbocycles. The lowest BCUT2D eigenvalue weighted by molar-refractivity contribution is 0.102. The van der Waals surface area contributed by atoms with E-state index in [2.05, 4.69) is 15.3 Å². The molecule has 2 N–H and O–H groups in total. The number of aromatic amines is 1. The van der Waals surface area contributed by atoms with E-state index in [0.29, 0.717) is 16.5 Å². The number of rotatable bonds is 2. The van der Waals surface area contributed by atoms with Crippen LogP contribution in [0.2, 0.25) is 5.02 Å². The van der Waals surface area contributed by atoms with Crippen molar-refractivity contribution < 1.29 is 4.79 Å². The van der Waals surface area contributed by atoms with E-state index in [1.54, 1.807) is 31.2 Å². The van der Waals surface area contributed by atoms with Gasteiger partial charge in [0.25, 0.3) is 11.5 Å². The summed E-state index contributed by atoms with van der Waals surface area (Å²) in [5, 5.41) is 2.96. The second kappa shape index (κ2) is 5.01. The van der Waals surface area contributed by atoms with Gasteiger partial charge in [-0.1, -0.05) is 23.7 Å². The zero-order valence-corrected chi connectivity index (χ0v) is 10.3.